The van der Waals surface area contributed by atoms with Gasteiger partial charge in [-0.2, -0.15) is 0 Å². The molecular weight excluding hydrogens is 290 g/mol. The van der Waals surface area contributed by atoms with E-state index < -0.39 is 10.8 Å². The Bertz CT molecular complexity index is 688. The minimum absolute atomic E-state index is 0.241. The van der Waals surface area contributed by atoms with E-state index in [0.717, 1.165) is 35.4 Å². The van der Waals surface area contributed by atoms with Crippen LogP contribution in [-0.4, -0.2) is 39.5 Å². The summed E-state index contributed by atoms with van der Waals surface area (Å²) in [5.74, 6) is 3.22. The number of fused-ring (bicyclic) bond motifs is 1. The molecule has 1 saturated heterocycles. The first-order valence-corrected chi connectivity index (χ1v) is 8.37. The number of nitrogen functional groups attached to an aromatic ring is 1. The number of methoxy groups -OCH3 is 2. The molecule has 1 aromatic heterocycles. The maximum absolute atomic E-state index is 11.5. The molecule has 0 spiro atoms. The number of ether oxygens (including phenoxy) is 2. The number of nitrogens with two attached hydrogens (primary N) is 1. The van der Waals surface area contributed by atoms with Gasteiger partial charge in [-0.25, -0.2) is 4.98 Å². The Morgan fingerprint density at radius 1 is 1.24 bits per heavy atom. The number of imidazole rings is 1. The highest BCUT2D eigenvalue weighted by Gasteiger charge is 2.24. The van der Waals surface area contributed by atoms with Crippen molar-refractivity contribution in [2.24, 2.45) is 0 Å². The highest BCUT2D eigenvalue weighted by atomic mass is 32.2. The Morgan fingerprint density at radius 3 is 2.48 bits per heavy atom. The van der Waals surface area contributed by atoms with E-state index in [4.69, 9.17) is 15.2 Å². The summed E-state index contributed by atoms with van der Waals surface area (Å²) in [4.78, 5) is 4.42. The van der Waals surface area contributed by atoms with E-state index in [9.17, 15) is 4.21 Å². The van der Waals surface area contributed by atoms with E-state index in [1.165, 1.54) is 0 Å². The molecule has 2 N–H and O–H groups in total. The quantitative estimate of drug-likeness (QED) is 0.934. The van der Waals surface area contributed by atoms with Crippen LogP contribution >= 0.6 is 0 Å². The third kappa shape index (κ3) is 2.46. The van der Waals surface area contributed by atoms with Crippen molar-refractivity contribution >= 4 is 27.8 Å². The zero-order chi connectivity index (χ0) is 15.0. The van der Waals surface area contributed by atoms with Crippen molar-refractivity contribution in [1.82, 2.24) is 9.55 Å². The van der Waals surface area contributed by atoms with Crippen LogP contribution in [0.3, 0.4) is 0 Å². The van der Waals surface area contributed by atoms with E-state index >= 15 is 0 Å². The number of hydrogen-bond acceptors (Lipinski definition) is 5. The lowest BCUT2D eigenvalue weighted by Crippen LogP contribution is -2.22. The van der Waals surface area contributed by atoms with Crippen LogP contribution in [0.1, 0.15) is 18.9 Å². The molecule has 0 radical (unpaired) electrons. The van der Waals surface area contributed by atoms with Crippen LogP contribution < -0.4 is 15.2 Å². The molecule has 2 heterocycles. The highest BCUT2D eigenvalue weighted by Crippen LogP contribution is 2.36. The van der Waals surface area contributed by atoms with Crippen LogP contribution in [0.5, 0.6) is 11.5 Å². The van der Waals surface area contributed by atoms with E-state index in [1.54, 1.807) is 14.2 Å². The molecule has 1 aliphatic heterocycles. The molecule has 0 aliphatic carbocycles. The van der Waals surface area contributed by atoms with Crippen molar-refractivity contribution in [3.63, 3.8) is 0 Å². The van der Waals surface area contributed by atoms with Gasteiger partial charge in [-0.15, -0.1) is 0 Å². The van der Waals surface area contributed by atoms with Gasteiger partial charge in [0.2, 0.25) is 5.95 Å². The highest BCUT2D eigenvalue weighted by molar-refractivity contribution is 7.85. The second kappa shape index (κ2) is 5.55. The van der Waals surface area contributed by atoms with Gasteiger partial charge in [0.1, 0.15) is 0 Å². The van der Waals surface area contributed by atoms with Crippen LogP contribution in [0, 0.1) is 0 Å². The molecule has 6 nitrogen and oxygen atoms in total. The molecule has 114 valence electrons. The molecule has 3 rings (SSSR count). The van der Waals surface area contributed by atoms with Gasteiger partial charge in [-0.3, -0.25) is 4.21 Å². The lowest BCUT2D eigenvalue weighted by Gasteiger charge is -2.24. The van der Waals surface area contributed by atoms with Crippen LogP contribution in [0.15, 0.2) is 12.1 Å². The minimum Gasteiger partial charge on any atom is -0.493 e. The zero-order valence-corrected chi connectivity index (χ0v) is 13.0. The first-order chi connectivity index (χ1) is 10.1. The molecule has 0 saturated carbocycles. The maximum atomic E-state index is 11.5. The van der Waals surface area contributed by atoms with Gasteiger partial charge in [-0.1, -0.05) is 0 Å². The molecular formula is C14H19N3O3S. The number of hydrogen-bond donors (Lipinski definition) is 1. The van der Waals surface area contributed by atoms with Crippen molar-refractivity contribution < 1.29 is 13.7 Å². The zero-order valence-electron chi connectivity index (χ0n) is 12.2. The van der Waals surface area contributed by atoms with Gasteiger partial charge in [0.05, 0.1) is 25.3 Å². The summed E-state index contributed by atoms with van der Waals surface area (Å²) in [7, 11) is 2.51. The Labute approximate surface area is 125 Å². The van der Waals surface area contributed by atoms with Crippen molar-refractivity contribution in [2.45, 2.75) is 18.9 Å². The summed E-state index contributed by atoms with van der Waals surface area (Å²) in [6.07, 6.45) is 1.72. The molecule has 0 amide bonds. The fraction of sp³-hybridized carbons (Fsp3) is 0.500. The number of anilines is 1. The molecule has 2 aromatic rings. The predicted molar refractivity (Wildman–Crippen MR) is 83.4 cm³/mol. The van der Waals surface area contributed by atoms with Gasteiger partial charge < -0.3 is 19.8 Å². The Kier molecular flexibility index (Phi) is 3.75. The Hall–Kier alpha value is -1.76. The first-order valence-electron chi connectivity index (χ1n) is 6.88. The molecule has 1 aliphatic rings. The molecule has 7 heteroatoms. The van der Waals surface area contributed by atoms with Crippen molar-refractivity contribution in [3.05, 3.63) is 12.1 Å². The van der Waals surface area contributed by atoms with Gasteiger partial charge >= 0.3 is 0 Å². The molecule has 0 atom stereocenters. The number of aromatic nitrogens is 2. The van der Waals surface area contributed by atoms with Gasteiger partial charge in [0.15, 0.2) is 11.5 Å². The number of rotatable bonds is 3. The van der Waals surface area contributed by atoms with Crippen LogP contribution in [0.4, 0.5) is 5.95 Å². The van der Waals surface area contributed by atoms with Crippen molar-refractivity contribution in [3.8, 4) is 11.5 Å². The summed E-state index contributed by atoms with van der Waals surface area (Å²) in [5, 5.41) is 0. The Morgan fingerprint density at radius 2 is 1.86 bits per heavy atom. The lowest BCUT2D eigenvalue weighted by atomic mass is 10.1. The van der Waals surface area contributed by atoms with Crippen LogP contribution in [0.2, 0.25) is 0 Å². The fourth-order valence-electron chi connectivity index (χ4n) is 2.86. The largest absolute Gasteiger partial charge is 0.493 e. The van der Waals surface area contributed by atoms with Crippen LogP contribution in [0.25, 0.3) is 11.0 Å². The third-order valence-corrected chi connectivity index (χ3v) is 5.33. The van der Waals surface area contributed by atoms with Crippen molar-refractivity contribution in [2.75, 3.05) is 31.5 Å². The number of benzene rings is 1. The van der Waals surface area contributed by atoms with E-state index in [1.807, 2.05) is 16.7 Å². The van der Waals surface area contributed by atoms with E-state index in [0.29, 0.717) is 17.4 Å². The topological polar surface area (TPSA) is 79.4 Å². The smallest absolute Gasteiger partial charge is 0.201 e. The Balaban J connectivity index is 2.09. The normalized spacial score (nSPS) is 22.4. The average Bonchev–Trinajstić information content (AvgIpc) is 2.81. The summed E-state index contributed by atoms with van der Waals surface area (Å²) in [5.41, 5.74) is 7.82. The average molecular weight is 309 g/mol. The van der Waals surface area contributed by atoms with Crippen LogP contribution in [-0.2, 0) is 10.8 Å². The molecule has 0 bridgehead atoms. The predicted octanol–water partition coefficient (Wildman–Crippen LogP) is 1.72. The summed E-state index contributed by atoms with van der Waals surface area (Å²) in [6, 6.07) is 3.98. The third-order valence-electron chi connectivity index (χ3n) is 3.94. The van der Waals surface area contributed by atoms with Gasteiger partial charge in [0, 0.05) is 40.5 Å². The van der Waals surface area contributed by atoms with E-state index in [-0.39, 0.29) is 6.04 Å². The summed E-state index contributed by atoms with van der Waals surface area (Å²) in [6.45, 7) is 0. The van der Waals surface area contributed by atoms with Crippen molar-refractivity contribution in [1.29, 1.82) is 0 Å². The molecule has 21 heavy (non-hydrogen) atoms. The van der Waals surface area contributed by atoms with E-state index in [2.05, 4.69) is 4.98 Å². The molecule has 1 aromatic carbocycles. The molecule has 1 fully saturated rings. The fourth-order valence-corrected chi connectivity index (χ4v) is 4.14. The summed E-state index contributed by atoms with van der Waals surface area (Å²) < 4.78 is 24.2. The van der Waals surface area contributed by atoms with Gasteiger partial charge in [0.25, 0.3) is 0 Å². The minimum atomic E-state index is -0.693. The maximum Gasteiger partial charge on any atom is 0.201 e. The standard InChI is InChI=1S/C14H19N3O3S/c1-19-12-7-10-11(8-13(12)20-2)17(14(15)16-10)9-3-5-21(18)6-4-9/h7-9H,3-6H2,1-2H3,(H2,15,16). The second-order valence-electron chi connectivity index (χ2n) is 5.12. The second-order valence-corrected chi connectivity index (χ2v) is 6.81. The monoisotopic (exact) mass is 309 g/mol. The first kappa shape index (κ1) is 14.2. The number of nitrogens with zero attached hydrogens (tertiary/aromatic N) is 2. The molecule has 0 unspecified atom stereocenters. The van der Waals surface area contributed by atoms with Gasteiger partial charge in [-0.05, 0) is 12.8 Å². The SMILES string of the molecule is COc1cc2nc(N)n(C3CCS(=O)CC3)c2cc1OC. The summed E-state index contributed by atoms with van der Waals surface area (Å²) >= 11 is 0. The lowest BCUT2D eigenvalue weighted by molar-refractivity contribution is 0.355.